The summed E-state index contributed by atoms with van der Waals surface area (Å²) < 4.78 is 26.7. The Hall–Kier alpha value is -1.15. The number of hydrogen-bond donors (Lipinski definition) is 2. The Morgan fingerprint density at radius 1 is 1.47 bits per heavy atom. The molecule has 0 spiro atoms. The zero-order chi connectivity index (χ0) is 11.3. The molecule has 0 saturated heterocycles. The molecule has 15 heavy (non-hydrogen) atoms. The minimum absolute atomic E-state index is 0.0294. The average molecular weight is 234 g/mol. The van der Waals surface area contributed by atoms with Gasteiger partial charge in [-0.15, -0.1) is 5.10 Å². The highest BCUT2D eigenvalue weighted by Crippen LogP contribution is 2.04. The van der Waals surface area contributed by atoms with Crippen LogP contribution >= 0.6 is 0 Å². The Morgan fingerprint density at radius 2 is 2.20 bits per heavy atom. The highest BCUT2D eigenvalue weighted by atomic mass is 32.2. The van der Waals surface area contributed by atoms with Gasteiger partial charge in [0.2, 0.25) is 5.89 Å². The van der Waals surface area contributed by atoms with E-state index in [9.17, 15) is 8.42 Å². The molecule has 0 aromatic carbocycles. The number of nitrogens with zero attached hydrogens (tertiary/aromatic N) is 2. The fourth-order valence-corrected chi connectivity index (χ4v) is 1.37. The Labute approximate surface area is 88.0 Å². The molecule has 8 heteroatoms. The minimum Gasteiger partial charge on any atom is -0.408 e. The van der Waals surface area contributed by atoms with Gasteiger partial charge < -0.3 is 15.5 Å². The van der Waals surface area contributed by atoms with E-state index < -0.39 is 9.84 Å². The molecule has 1 heterocycles. The van der Waals surface area contributed by atoms with Crippen molar-refractivity contribution < 1.29 is 12.8 Å². The first-order valence-electron chi connectivity index (χ1n) is 4.45. The van der Waals surface area contributed by atoms with E-state index in [2.05, 4.69) is 15.5 Å². The lowest BCUT2D eigenvalue weighted by Crippen LogP contribution is -2.14. The molecule has 3 N–H and O–H groups in total. The van der Waals surface area contributed by atoms with Crippen LogP contribution in [0.3, 0.4) is 0 Å². The van der Waals surface area contributed by atoms with Crippen LogP contribution in [0.25, 0.3) is 0 Å². The Morgan fingerprint density at radius 3 is 2.80 bits per heavy atom. The number of rotatable bonds is 6. The summed E-state index contributed by atoms with van der Waals surface area (Å²) in [6, 6.07) is 0.224. The van der Waals surface area contributed by atoms with E-state index in [0.29, 0.717) is 18.9 Å². The van der Waals surface area contributed by atoms with Crippen LogP contribution < -0.4 is 11.1 Å². The molecule has 86 valence electrons. The van der Waals surface area contributed by atoms with Crippen LogP contribution in [0.15, 0.2) is 4.42 Å². The highest BCUT2D eigenvalue weighted by molar-refractivity contribution is 7.90. The molecule has 0 aliphatic heterocycles. The van der Waals surface area contributed by atoms with Crippen molar-refractivity contribution in [2.45, 2.75) is 6.42 Å². The first-order chi connectivity index (χ1) is 7.01. The van der Waals surface area contributed by atoms with Crippen LogP contribution in [-0.4, -0.2) is 43.7 Å². The van der Waals surface area contributed by atoms with Gasteiger partial charge in [0.1, 0.15) is 9.84 Å². The number of nitrogens with two attached hydrogens (primary N) is 1. The van der Waals surface area contributed by atoms with Gasteiger partial charge in [-0.25, -0.2) is 8.42 Å². The topological polar surface area (TPSA) is 111 Å². The standard InChI is InChI=1S/C7H14N4O3S/c1-15(12,13)5-4-9-7-11-10-6(14-7)2-3-8/h2-5,8H2,1H3,(H,9,11). The van der Waals surface area contributed by atoms with Crippen LogP contribution in [0.5, 0.6) is 0 Å². The summed E-state index contributed by atoms with van der Waals surface area (Å²) in [7, 11) is -2.97. The molecule has 0 atom stereocenters. The van der Waals surface area contributed by atoms with Gasteiger partial charge in [0, 0.05) is 25.8 Å². The third kappa shape index (κ3) is 4.75. The smallest absolute Gasteiger partial charge is 0.315 e. The zero-order valence-corrected chi connectivity index (χ0v) is 9.25. The molecule has 0 fully saturated rings. The van der Waals surface area contributed by atoms with Gasteiger partial charge in [0.25, 0.3) is 0 Å². The van der Waals surface area contributed by atoms with E-state index in [-0.39, 0.29) is 18.3 Å². The number of hydrogen-bond acceptors (Lipinski definition) is 7. The van der Waals surface area contributed by atoms with Crippen molar-refractivity contribution in [2.24, 2.45) is 5.73 Å². The Balaban J connectivity index is 2.38. The van der Waals surface area contributed by atoms with Crippen LogP contribution in [0, 0.1) is 0 Å². The summed E-state index contributed by atoms with van der Waals surface area (Å²) in [5.74, 6) is 0.473. The molecule has 1 rings (SSSR count). The SMILES string of the molecule is CS(=O)(=O)CCNc1nnc(CCN)o1. The van der Waals surface area contributed by atoms with Gasteiger partial charge in [-0.2, -0.15) is 0 Å². The van der Waals surface area contributed by atoms with E-state index in [1.165, 1.54) is 6.26 Å². The maximum Gasteiger partial charge on any atom is 0.315 e. The molecule has 1 aromatic heterocycles. The van der Waals surface area contributed by atoms with Gasteiger partial charge >= 0.3 is 6.01 Å². The second kappa shape index (κ2) is 5.08. The van der Waals surface area contributed by atoms with Crippen molar-refractivity contribution in [3.63, 3.8) is 0 Å². The summed E-state index contributed by atoms with van der Waals surface area (Å²) in [5, 5.41) is 10.1. The molecule has 1 aromatic rings. The van der Waals surface area contributed by atoms with Gasteiger partial charge in [-0.3, -0.25) is 0 Å². The van der Waals surface area contributed by atoms with E-state index in [0.717, 1.165) is 0 Å². The van der Waals surface area contributed by atoms with Gasteiger partial charge in [0.15, 0.2) is 0 Å². The highest BCUT2D eigenvalue weighted by Gasteiger charge is 2.06. The molecule has 7 nitrogen and oxygen atoms in total. The first-order valence-corrected chi connectivity index (χ1v) is 6.51. The molecule has 0 saturated carbocycles. The third-order valence-corrected chi connectivity index (χ3v) is 2.52. The predicted octanol–water partition coefficient (Wildman–Crippen LogP) is -0.973. The van der Waals surface area contributed by atoms with Gasteiger partial charge in [0.05, 0.1) is 5.75 Å². The quantitative estimate of drug-likeness (QED) is 0.651. The average Bonchev–Trinajstić information content (AvgIpc) is 2.51. The fourth-order valence-electron chi connectivity index (χ4n) is 0.893. The number of aromatic nitrogens is 2. The van der Waals surface area contributed by atoms with Crippen LogP contribution in [0.1, 0.15) is 5.89 Å². The number of nitrogens with one attached hydrogen (secondary N) is 1. The monoisotopic (exact) mass is 234 g/mol. The lowest BCUT2D eigenvalue weighted by Gasteiger charge is -1.98. The molecule has 0 aliphatic rings. The fraction of sp³-hybridized carbons (Fsp3) is 0.714. The van der Waals surface area contributed by atoms with E-state index >= 15 is 0 Å². The van der Waals surface area contributed by atoms with Crippen LogP contribution in [0.2, 0.25) is 0 Å². The normalized spacial score (nSPS) is 11.6. The Bertz CT molecular complexity index is 400. The minimum atomic E-state index is -2.97. The predicted molar refractivity (Wildman–Crippen MR) is 55.3 cm³/mol. The third-order valence-electron chi connectivity index (χ3n) is 1.57. The maximum atomic E-state index is 10.8. The summed E-state index contributed by atoms with van der Waals surface area (Å²) in [5.41, 5.74) is 5.30. The zero-order valence-electron chi connectivity index (χ0n) is 8.43. The van der Waals surface area contributed by atoms with Gasteiger partial charge in [-0.05, 0) is 0 Å². The van der Waals surface area contributed by atoms with Crippen molar-refractivity contribution in [3.8, 4) is 0 Å². The number of sulfone groups is 1. The molecule has 0 aliphatic carbocycles. The van der Waals surface area contributed by atoms with E-state index in [1.807, 2.05) is 0 Å². The summed E-state index contributed by atoms with van der Waals surface area (Å²) in [4.78, 5) is 0. The van der Waals surface area contributed by atoms with Crippen molar-refractivity contribution in [1.29, 1.82) is 0 Å². The lowest BCUT2D eigenvalue weighted by molar-refractivity contribution is 0.506. The summed E-state index contributed by atoms with van der Waals surface area (Å²) in [6.45, 7) is 0.689. The van der Waals surface area contributed by atoms with Crippen molar-refractivity contribution in [3.05, 3.63) is 5.89 Å². The van der Waals surface area contributed by atoms with Gasteiger partial charge in [-0.1, -0.05) is 5.10 Å². The molecule has 0 unspecified atom stereocenters. The van der Waals surface area contributed by atoms with Crippen LogP contribution in [0.4, 0.5) is 6.01 Å². The summed E-state index contributed by atoms with van der Waals surface area (Å²) in [6.07, 6.45) is 1.68. The van der Waals surface area contributed by atoms with E-state index in [4.69, 9.17) is 10.2 Å². The molecule has 0 amide bonds. The number of anilines is 1. The Kier molecular flexibility index (Phi) is 4.04. The second-order valence-corrected chi connectivity index (χ2v) is 5.36. The molecule has 0 bridgehead atoms. The van der Waals surface area contributed by atoms with E-state index in [1.54, 1.807) is 0 Å². The largest absolute Gasteiger partial charge is 0.408 e. The first kappa shape index (κ1) is 11.9. The van der Waals surface area contributed by atoms with Crippen molar-refractivity contribution in [1.82, 2.24) is 10.2 Å². The van der Waals surface area contributed by atoms with Crippen molar-refractivity contribution >= 4 is 15.9 Å². The maximum absolute atomic E-state index is 10.8. The lowest BCUT2D eigenvalue weighted by atomic mass is 10.4. The van der Waals surface area contributed by atoms with Crippen molar-refractivity contribution in [2.75, 3.05) is 30.4 Å². The molecule has 0 radical (unpaired) electrons. The second-order valence-electron chi connectivity index (χ2n) is 3.10. The molecular weight excluding hydrogens is 220 g/mol. The molecular formula is C7H14N4O3S. The van der Waals surface area contributed by atoms with Crippen LogP contribution in [-0.2, 0) is 16.3 Å². The summed E-state index contributed by atoms with van der Waals surface area (Å²) >= 11 is 0.